The number of benzene rings is 1. The molecule has 18 heavy (non-hydrogen) atoms. The second-order valence-electron chi connectivity index (χ2n) is 3.79. The summed E-state index contributed by atoms with van der Waals surface area (Å²) in [6.07, 6.45) is 1.59. The fourth-order valence-corrected chi connectivity index (χ4v) is 3.82. The maximum absolute atomic E-state index is 5.88. The van der Waals surface area contributed by atoms with Gasteiger partial charge in [0.25, 0.3) is 0 Å². The van der Waals surface area contributed by atoms with Crippen LogP contribution in [0.2, 0.25) is 5.02 Å². The Balaban J connectivity index is 2.22. The summed E-state index contributed by atoms with van der Waals surface area (Å²) in [5.74, 6) is 0. The highest BCUT2D eigenvalue weighted by Crippen LogP contribution is 2.25. The number of anilines is 1. The third-order valence-electron chi connectivity index (χ3n) is 2.45. The van der Waals surface area contributed by atoms with Crippen molar-refractivity contribution in [1.82, 2.24) is 9.97 Å². The monoisotopic (exact) mass is 485 g/mol. The second kappa shape index (κ2) is 6.33. The van der Waals surface area contributed by atoms with Crippen LogP contribution in [-0.2, 0) is 6.54 Å². The van der Waals surface area contributed by atoms with Gasteiger partial charge in [-0.25, -0.2) is 9.97 Å². The van der Waals surface area contributed by atoms with Crippen LogP contribution in [0.15, 0.2) is 30.6 Å². The van der Waals surface area contributed by atoms with E-state index >= 15 is 0 Å². The van der Waals surface area contributed by atoms with Gasteiger partial charge in [0.2, 0.25) is 0 Å². The zero-order valence-electron chi connectivity index (χ0n) is 9.57. The molecule has 0 bridgehead atoms. The highest BCUT2D eigenvalue weighted by atomic mass is 127. The summed E-state index contributed by atoms with van der Waals surface area (Å²) < 4.78 is 1.92. The summed E-state index contributed by atoms with van der Waals surface area (Å²) in [4.78, 5) is 10.6. The standard InChI is InChI=1S/C12H10ClI2N3/c1-18(6-8-2-4-9(13)5-3-8)10-11(14)16-7-17-12(10)15/h2-5,7H,6H2,1H3. The van der Waals surface area contributed by atoms with Gasteiger partial charge in [0.15, 0.2) is 0 Å². The van der Waals surface area contributed by atoms with Crippen LogP contribution in [0.3, 0.4) is 0 Å². The minimum Gasteiger partial charge on any atom is -0.366 e. The number of hydrogen-bond acceptors (Lipinski definition) is 3. The number of halogens is 3. The fraction of sp³-hybridized carbons (Fsp3) is 0.167. The molecule has 94 valence electrons. The molecule has 6 heteroatoms. The van der Waals surface area contributed by atoms with Gasteiger partial charge < -0.3 is 4.90 Å². The van der Waals surface area contributed by atoms with Crippen molar-refractivity contribution in [2.45, 2.75) is 6.54 Å². The van der Waals surface area contributed by atoms with Gasteiger partial charge >= 0.3 is 0 Å². The lowest BCUT2D eigenvalue weighted by Crippen LogP contribution is -2.19. The summed E-state index contributed by atoms with van der Waals surface area (Å²) in [6.45, 7) is 0.802. The van der Waals surface area contributed by atoms with Crippen molar-refractivity contribution < 1.29 is 0 Å². The van der Waals surface area contributed by atoms with E-state index in [-0.39, 0.29) is 0 Å². The van der Waals surface area contributed by atoms with Crippen LogP contribution in [0.4, 0.5) is 5.69 Å². The molecule has 0 saturated heterocycles. The molecule has 1 aromatic carbocycles. The summed E-state index contributed by atoms with van der Waals surface area (Å²) in [5, 5.41) is 0.758. The third-order valence-corrected chi connectivity index (χ3v) is 4.28. The molecular weight excluding hydrogens is 475 g/mol. The second-order valence-corrected chi connectivity index (χ2v) is 6.27. The average molecular weight is 485 g/mol. The molecule has 0 spiro atoms. The zero-order valence-corrected chi connectivity index (χ0v) is 14.6. The van der Waals surface area contributed by atoms with Crippen LogP contribution in [-0.4, -0.2) is 17.0 Å². The fourth-order valence-electron chi connectivity index (χ4n) is 1.60. The molecule has 0 aliphatic heterocycles. The molecule has 0 aliphatic rings. The highest BCUT2D eigenvalue weighted by Gasteiger charge is 2.12. The summed E-state index contributed by atoms with van der Waals surface area (Å²) in [6, 6.07) is 7.87. The highest BCUT2D eigenvalue weighted by molar-refractivity contribution is 14.1. The molecule has 0 amide bonds. The van der Waals surface area contributed by atoms with Crippen molar-refractivity contribution in [3.8, 4) is 0 Å². The molecule has 3 nitrogen and oxygen atoms in total. The largest absolute Gasteiger partial charge is 0.366 e. The normalized spacial score (nSPS) is 10.4. The molecule has 0 atom stereocenters. The quantitative estimate of drug-likeness (QED) is 0.487. The van der Waals surface area contributed by atoms with E-state index in [9.17, 15) is 0 Å². The molecule has 0 unspecified atom stereocenters. The van der Waals surface area contributed by atoms with Gasteiger partial charge in [-0.05, 0) is 62.9 Å². The first-order valence-electron chi connectivity index (χ1n) is 5.19. The van der Waals surface area contributed by atoms with Crippen LogP contribution in [0, 0.1) is 7.40 Å². The van der Waals surface area contributed by atoms with Crippen molar-refractivity contribution in [1.29, 1.82) is 0 Å². The van der Waals surface area contributed by atoms with Crippen molar-refractivity contribution >= 4 is 62.5 Å². The topological polar surface area (TPSA) is 29.0 Å². The van der Waals surface area contributed by atoms with Crippen molar-refractivity contribution in [2.24, 2.45) is 0 Å². The summed E-state index contributed by atoms with van der Waals surface area (Å²) in [5.41, 5.74) is 2.27. The van der Waals surface area contributed by atoms with E-state index in [1.165, 1.54) is 5.56 Å². The van der Waals surface area contributed by atoms with E-state index in [4.69, 9.17) is 11.6 Å². The Labute approximate surface area is 138 Å². The van der Waals surface area contributed by atoms with Gasteiger partial charge in [-0.3, -0.25) is 0 Å². The lowest BCUT2D eigenvalue weighted by Gasteiger charge is -2.21. The molecule has 1 aromatic heterocycles. The Morgan fingerprint density at radius 1 is 1.11 bits per heavy atom. The molecule has 0 aliphatic carbocycles. The zero-order chi connectivity index (χ0) is 13.1. The average Bonchev–Trinajstić information content (AvgIpc) is 2.32. The molecular formula is C12H10ClI2N3. The van der Waals surface area contributed by atoms with Crippen LogP contribution in [0.25, 0.3) is 0 Å². The Morgan fingerprint density at radius 3 is 2.22 bits per heavy atom. The van der Waals surface area contributed by atoms with E-state index in [2.05, 4.69) is 60.0 Å². The predicted molar refractivity (Wildman–Crippen MR) is 91.0 cm³/mol. The molecule has 0 fully saturated rings. The van der Waals surface area contributed by atoms with Gasteiger partial charge in [-0.15, -0.1) is 0 Å². The number of nitrogens with zero attached hydrogens (tertiary/aromatic N) is 3. The van der Waals surface area contributed by atoms with Crippen molar-refractivity contribution in [2.75, 3.05) is 11.9 Å². The first-order valence-corrected chi connectivity index (χ1v) is 7.73. The maximum atomic E-state index is 5.88. The molecule has 0 radical (unpaired) electrons. The number of hydrogen-bond donors (Lipinski definition) is 0. The van der Waals surface area contributed by atoms with Crippen LogP contribution in [0.5, 0.6) is 0 Å². The van der Waals surface area contributed by atoms with E-state index in [1.54, 1.807) is 6.33 Å². The first kappa shape index (κ1) is 14.3. The van der Waals surface area contributed by atoms with Crippen LogP contribution in [0.1, 0.15) is 5.56 Å². The number of rotatable bonds is 3. The summed E-state index contributed by atoms with van der Waals surface area (Å²) in [7, 11) is 2.04. The first-order chi connectivity index (χ1) is 8.58. The smallest absolute Gasteiger partial charge is 0.129 e. The van der Waals surface area contributed by atoms with E-state index in [0.717, 1.165) is 24.7 Å². The van der Waals surface area contributed by atoms with Gasteiger partial charge in [-0.1, -0.05) is 23.7 Å². The molecule has 0 N–H and O–H groups in total. The van der Waals surface area contributed by atoms with Crippen molar-refractivity contribution in [3.05, 3.63) is 48.6 Å². The molecule has 0 saturated carbocycles. The third kappa shape index (κ3) is 3.45. The lowest BCUT2D eigenvalue weighted by atomic mass is 10.2. The summed E-state index contributed by atoms with van der Waals surface area (Å²) >= 11 is 10.3. The van der Waals surface area contributed by atoms with Crippen molar-refractivity contribution in [3.63, 3.8) is 0 Å². The Hall–Kier alpha value is -0.150. The molecule has 2 aromatic rings. The SMILES string of the molecule is CN(Cc1ccc(Cl)cc1)c1c(I)ncnc1I. The minimum atomic E-state index is 0.758. The minimum absolute atomic E-state index is 0.758. The van der Waals surface area contributed by atoms with Gasteiger partial charge in [0.05, 0.1) is 0 Å². The van der Waals surface area contributed by atoms with E-state index in [1.807, 2.05) is 31.3 Å². The number of aromatic nitrogens is 2. The lowest BCUT2D eigenvalue weighted by molar-refractivity contribution is 0.894. The Bertz CT molecular complexity index is 525. The maximum Gasteiger partial charge on any atom is 0.129 e. The predicted octanol–water partition coefficient (Wildman–Crippen LogP) is 3.98. The molecule has 2 rings (SSSR count). The van der Waals surface area contributed by atoms with E-state index < -0.39 is 0 Å². The van der Waals surface area contributed by atoms with Gasteiger partial charge in [0.1, 0.15) is 19.4 Å². The van der Waals surface area contributed by atoms with E-state index in [0.29, 0.717) is 0 Å². The van der Waals surface area contributed by atoms with Gasteiger partial charge in [0, 0.05) is 18.6 Å². The van der Waals surface area contributed by atoms with Gasteiger partial charge in [-0.2, -0.15) is 0 Å². The molecule has 1 heterocycles. The van der Waals surface area contributed by atoms with Crippen LogP contribution < -0.4 is 4.90 Å². The van der Waals surface area contributed by atoms with Crippen LogP contribution >= 0.6 is 56.8 Å². The Morgan fingerprint density at radius 2 is 1.67 bits per heavy atom. The Kier molecular flexibility index (Phi) is 5.02.